The summed E-state index contributed by atoms with van der Waals surface area (Å²) in [6, 6.07) is 0. The maximum absolute atomic E-state index is 5.74. The molecule has 0 atom stereocenters. The fourth-order valence-corrected chi connectivity index (χ4v) is 2.20. The van der Waals surface area contributed by atoms with Crippen molar-refractivity contribution in [1.29, 1.82) is 0 Å². The van der Waals surface area contributed by atoms with Gasteiger partial charge in [0.2, 0.25) is 0 Å². The summed E-state index contributed by atoms with van der Waals surface area (Å²) in [5.74, 6) is 0.939. The van der Waals surface area contributed by atoms with Crippen molar-refractivity contribution in [2.24, 2.45) is 0 Å². The normalized spacial score (nSPS) is 19.1. The van der Waals surface area contributed by atoms with Gasteiger partial charge in [0.1, 0.15) is 5.82 Å². The van der Waals surface area contributed by atoms with Crippen LogP contribution in [0.2, 0.25) is 0 Å². The summed E-state index contributed by atoms with van der Waals surface area (Å²) in [6.07, 6.45) is 3.66. The number of nitrogens with zero attached hydrogens (tertiary/aromatic N) is 3. The van der Waals surface area contributed by atoms with Crippen LogP contribution in [0.3, 0.4) is 0 Å². The van der Waals surface area contributed by atoms with Crippen LogP contribution in [0.4, 0.5) is 5.82 Å². The monoisotopic (exact) mass is 278 g/mol. The molecule has 1 N–H and O–H groups in total. The van der Waals surface area contributed by atoms with E-state index in [9.17, 15) is 0 Å². The van der Waals surface area contributed by atoms with E-state index in [1.54, 1.807) is 0 Å². The second-order valence-corrected chi connectivity index (χ2v) is 7.00. The molecule has 1 saturated heterocycles. The second-order valence-electron chi connectivity index (χ2n) is 7.00. The van der Waals surface area contributed by atoms with Crippen LogP contribution >= 0.6 is 0 Å². The number of nitrogens with one attached hydrogen (secondary N) is 1. The van der Waals surface area contributed by atoms with Gasteiger partial charge in [-0.3, -0.25) is 4.98 Å². The van der Waals surface area contributed by atoms with Crippen LogP contribution < -0.4 is 10.2 Å². The predicted molar refractivity (Wildman–Crippen MR) is 80.9 cm³/mol. The van der Waals surface area contributed by atoms with E-state index in [2.05, 4.69) is 49.8 Å². The number of hydrogen-bond acceptors (Lipinski definition) is 5. The summed E-state index contributed by atoms with van der Waals surface area (Å²) < 4.78 is 5.74. The molecule has 2 rings (SSSR count). The van der Waals surface area contributed by atoms with Gasteiger partial charge in [-0.15, -0.1) is 0 Å². The molecular formula is C15H26N4O. The van der Waals surface area contributed by atoms with E-state index in [0.717, 1.165) is 37.8 Å². The lowest BCUT2D eigenvalue weighted by Gasteiger charge is -2.38. The van der Waals surface area contributed by atoms with Gasteiger partial charge in [0, 0.05) is 31.4 Å². The van der Waals surface area contributed by atoms with E-state index in [1.165, 1.54) is 0 Å². The molecule has 1 aromatic heterocycles. The van der Waals surface area contributed by atoms with Crippen molar-refractivity contribution in [3.8, 4) is 0 Å². The predicted octanol–water partition coefficient (Wildman–Crippen LogP) is 1.98. The van der Waals surface area contributed by atoms with Crippen molar-refractivity contribution in [3.63, 3.8) is 0 Å². The van der Waals surface area contributed by atoms with E-state index >= 15 is 0 Å². The molecule has 1 aliphatic heterocycles. The van der Waals surface area contributed by atoms with Crippen LogP contribution in [-0.2, 0) is 11.3 Å². The minimum atomic E-state index is -0.125. The first-order valence-electron chi connectivity index (χ1n) is 7.20. The molecule has 0 aliphatic carbocycles. The van der Waals surface area contributed by atoms with E-state index < -0.39 is 0 Å². The van der Waals surface area contributed by atoms with Crippen molar-refractivity contribution in [2.75, 3.05) is 24.6 Å². The number of morpholine rings is 1. The standard InChI is InChI=1S/C15H26N4O/c1-14(2,3)17-9-12-8-16-10-13(18-12)19-6-7-20-15(4,5)11-19/h8,10,17H,6-7,9,11H2,1-5H3. The largest absolute Gasteiger partial charge is 0.372 e. The maximum atomic E-state index is 5.74. The van der Waals surface area contributed by atoms with E-state index in [0.29, 0.717) is 0 Å². The quantitative estimate of drug-likeness (QED) is 0.916. The minimum Gasteiger partial charge on any atom is -0.372 e. The SMILES string of the molecule is CC(C)(C)NCc1cncc(N2CCOC(C)(C)C2)n1. The van der Waals surface area contributed by atoms with E-state index in [1.807, 2.05) is 12.4 Å². The molecule has 20 heavy (non-hydrogen) atoms. The van der Waals surface area contributed by atoms with Gasteiger partial charge in [0.05, 0.1) is 24.1 Å². The average Bonchev–Trinajstić information content (AvgIpc) is 2.35. The molecule has 0 amide bonds. The van der Waals surface area contributed by atoms with Crippen LogP contribution in [0.1, 0.15) is 40.3 Å². The molecule has 0 bridgehead atoms. The molecule has 0 unspecified atom stereocenters. The van der Waals surface area contributed by atoms with E-state index in [4.69, 9.17) is 9.72 Å². The summed E-state index contributed by atoms with van der Waals surface area (Å²) in [5.41, 5.74) is 0.930. The van der Waals surface area contributed by atoms with Gasteiger partial charge in [-0.05, 0) is 34.6 Å². The van der Waals surface area contributed by atoms with Crippen molar-refractivity contribution < 1.29 is 4.74 Å². The Morgan fingerprint density at radius 3 is 2.75 bits per heavy atom. The lowest BCUT2D eigenvalue weighted by Crippen LogP contribution is -2.48. The highest BCUT2D eigenvalue weighted by atomic mass is 16.5. The minimum absolute atomic E-state index is 0.0820. The molecule has 5 nitrogen and oxygen atoms in total. The zero-order chi connectivity index (χ0) is 14.8. The maximum Gasteiger partial charge on any atom is 0.147 e. The fraction of sp³-hybridized carbons (Fsp3) is 0.733. The molecule has 0 spiro atoms. The number of anilines is 1. The lowest BCUT2D eigenvalue weighted by molar-refractivity contribution is -0.0279. The van der Waals surface area contributed by atoms with Gasteiger partial charge in [-0.2, -0.15) is 0 Å². The van der Waals surface area contributed by atoms with Crippen LogP contribution in [0.25, 0.3) is 0 Å². The Morgan fingerprint density at radius 1 is 1.35 bits per heavy atom. The third-order valence-electron chi connectivity index (χ3n) is 3.22. The highest BCUT2D eigenvalue weighted by molar-refractivity contribution is 5.37. The number of aromatic nitrogens is 2. The molecule has 0 saturated carbocycles. The van der Waals surface area contributed by atoms with Crippen molar-refractivity contribution in [3.05, 3.63) is 18.1 Å². The Balaban J connectivity index is 2.05. The Morgan fingerprint density at radius 2 is 2.10 bits per heavy atom. The first-order chi connectivity index (χ1) is 9.25. The summed E-state index contributed by atoms with van der Waals surface area (Å²) in [5, 5.41) is 3.44. The zero-order valence-electron chi connectivity index (χ0n) is 13.2. The van der Waals surface area contributed by atoms with Crippen molar-refractivity contribution >= 4 is 5.82 Å². The third-order valence-corrected chi connectivity index (χ3v) is 3.22. The zero-order valence-corrected chi connectivity index (χ0v) is 13.2. The van der Waals surface area contributed by atoms with E-state index in [-0.39, 0.29) is 11.1 Å². The molecule has 0 radical (unpaired) electrons. The Bertz CT molecular complexity index is 453. The topological polar surface area (TPSA) is 50.3 Å². The number of hydrogen-bond donors (Lipinski definition) is 1. The van der Waals surface area contributed by atoms with Crippen LogP contribution in [0, 0.1) is 0 Å². The Kier molecular flexibility index (Phi) is 4.30. The first kappa shape index (κ1) is 15.2. The fourth-order valence-electron chi connectivity index (χ4n) is 2.20. The highest BCUT2D eigenvalue weighted by Gasteiger charge is 2.28. The second kappa shape index (κ2) is 5.66. The highest BCUT2D eigenvalue weighted by Crippen LogP contribution is 2.21. The summed E-state index contributed by atoms with van der Waals surface area (Å²) in [6.45, 7) is 13.8. The molecular weight excluding hydrogens is 252 g/mol. The number of ether oxygens (including phenoxy) is 1. The Labute approximate surface area is 121 Å². The van der Waals surface area contributed by atoms with Crippen molar-refractivity contribution in [1.82, 2.24) is 15.3 Å². The van der Waals surface area contributed by atoms with Gasteiger partial charge in [-0.1, -0.05) is 0 Å². The molecule has 2 heterocycles. The van der Waals surface area contributed by atoms with Gasteiger partial charge in [0.15, 0.2) is 0 Å². The lowest BCUT2D eigenvalue weighted by atomic mass is 10.1. The third kappa shape index (κ3) is 4.42. The van der Waals surface area contributed by atoms with Gasteiger partial charge < -0.3 is 15.0 Å². The van der Waals surface area contributed by atoms with Gasteiger partial charge in [0.25, 0.3) is 0 Å². The molecule has 1 aromatic rings. The number of rotatable bonds is 3. The van der Waals surface area contributed by atoms with Gasteiger partial charge >= 0.3 is 0 Å². The smallest absolute Gasteiger partial charge is 0.147 e. The van der Waals surface area contributed by atoms with Crippen molar-refractivity contribution in [2.45, 2.75) is 52.3 Å². The summed E-state index contributed by atoms with van der Waals surface area (Å²) in [4.78, 5) is 11.3. The van der Waals surface area contributed by atoms with Crippen LogP contribution in [0.5, 0.6) is 0 Å². The van der Waals surface area contributed by atoms with Crippen LogP contribution in [0.15, 0.2) is 12.4 Å². The summed E-state index contributed by atoms with van der Waals surface area (Å²) in [7, 11) is 0. The first-order valence-corrected chi connectivity index (χ1v) is 7.20. The Hall–Kier alpha value is -1.20. The average molecular weight is 278 g/mol. The molecule has 112 valence electrons. The summed E-state index contributed by atoms with van der Waals surface area (Å²) >= 11 is 0. The molecule has 1 aliphatic rings. The molecule has 0 aromatic carbocycles. The molecule has 5 heteroatoms. The van der Waals surface area contributed by atoms with Gasteiger partial charge in [-0.25, -0.2) is 4.98 Å². The molecule has 1 fully saturated rings. The van der Waals surface area contributed by atoms with Crippen LogP contribution in [-0.4, -0.2) is 40.8 Å².